The summed E-state index contributed by atoms with van der Waals surface area (Å²) in [5.74, 6) is 1.83. The van der Waals surface area contributed by atoms with Crippen LogP contribution in [0.2, 0.25) is 0 Å². The van der Waals surface area contributed by atoms with Crippen molar-refractivity contribution in [2.24, 2.45) is 0 Å². The van der Waals surface area contributed by atoms with Gasteiger partial charge in [-0.2, -0.15) is 11.8 Å². The highest BCUT2D eigenvalue weighted by Gasteiger charge is 2.19. The van der Waals surface area contributed by atoms with Gasteiger partial charge in [-0.3, -0.25) is 9.59 Å². The monoisotopic (exact) mass is 381 g/mol. The Morgan fingerprint density at radius 2 is 2.24 bits per heavy atom. The molecule has 1 unspecified atom stereocenters. The van der Waals surface area contributed by atoms with E-state index in [9.17, 15) is 9.59 Å². The normalized spacial score (nSPS) is 15.1. The summed E-state index contributed by atoms with van der Waals surface area (Å²) in [5, 5.41) is 12.6. The lowest BCUT2D eigenvalue weighted by atomic mass is 9.97. The van der Waals surface area contributed by atoms with Gasteiger partial charge in [-0.25, -0.2) is 4.98 Å². The first-order valence-electron chi connectivity index (χ1n) is 8.60. The second-order valence-electron chi connectivity index (χ2n) is 6.36. The van der Waals surface area contributed by atoms with E-state index >= 15 is 0 Å². The Hall–Kier alpha value is -1.38. The van der Waals surface area contributed by atoms with Crippen molar-refractivity contribution in [2.75, 3.05) is 12.3 Å². The molecule has 3 N–H and O–H groups in total. The summed E-state index contributed by atoms with van der Waals surface area (Å²) in [7, 11) is 0. The minimum Gasteiger partial charge on any atom is -0.392 e. The number of aliphatic hydroxyl groups is 1. The number of nitrogens with zero attached hydrogens (tertiary/aromatic N) is 1. The number of hydrogen-bond acceptors (Lipinski definition) is 6. The van der Waals surface area contributed by atoms with Gasteiger partial charge in [0.25, 0.3) is 5.56 Å². The zero-order chi connectivity index (χ0) is 17.8. The Morgan fingerprint density at radius 3 is 3.04 bits per heavy atom. The zero-order valence-electron chi connectivity index (χ0n) is 14.3. The molecule has 0 fully saturated rings. The van der Waals surface area contributed by atoms with Crippen LogP contribution in [0.15, 0.2) is 4.79 Å². The smallest absolute Gasteiger partial charge is 0.259 e. The Morgan fingerprint density at radius 1 is 1.44 bits per heavy atom. The highest BCUT2D eigenvalue weighted by molar-refractivity contribution is 7.98. The van der Waals surface area contributed by atoms with Crippen LogP contribution in [-0.4, -0.2) is 39.4 Å². The molecular weight excluding hydrogens is 358 g/mol. The number of nitrogens with one attached hydrogen (secondary N) is 2. The van der Waals surface area contributed by atoms with Crippen LogP contribution in [-0.2, 0) is 23.4 Å². The van der Waals surface area contributed by atoms with Gasteiger partial charge in [-0.05, 0) is 38.2 Å². The summed E-state index contributed by atoms with van der Waals surface area (Å²) < 4.78 is 0. The molecular formula is C17H23N3O3S2. The fourth-order valence-electron chi connectivity index (χ4n) is 2.96. The van der Waals surface area contributed by atoms with Crippen molar-refractivity contribution in [3.05, 3.63) is 26.6 Å². The number of aryl methyl sites for hydroxylation is 2. The Balaban J connectivity index is 1.57. The second-order valence-corrected chi connectivity index (χ2v) is 8.55. The maximum absolute atomic E-state index is 12.4. The molecule has 25 heavy (non-hydrogen) atoms. The van der Waals surface area contributed by atoms with Crippen molar-refractivity contribution in [2.45, 2.75) is 50.9 Å². The van der Waals surface area contributed by atoms with E-state index in [1.165, 1.54) is 16.9 Å². The van der Waals surface area contributed by atoms with Crippen LogP contribution in [0.25, 0.3) is 10.2 Å². The lowest BCUT2D eigenvalue weighted by Crippen LogP contribution is -2.30. The zero-order valence-corrected chi connectivity index (χ0v) is 15.9. The summed E-state index contributed by atoms with van der Waals surface area (Å²) in [6.45, 7) is 1.91. The van der Waals surface area contributed by atoms with E-state index in [4.69, 9.17) is 5.11 Å². The van der Waals surface area contributed by atoms with E-state index in [1.54, 1.807) is 30.0 Å². The first-order valence-corrected chi connectivity index (χ1v) is 10.6. The predicted octanol–water partition coefficient (Wildman–Crippen LogP) is 1.98. The van der Waals surface area contributed by atoms with Gasteiger partial charge in [0.1, 0.15) is 10.7 Å². The Bertz CT molecular complexity index is 813. The predicted molar refractivity (Wildman–Crippen MR) is 102 cm³/mol. The number of amides is 1. The molecule has 3 rings (SSSR count). The van der Waals surface area contributed by atoms with E-state index < -0.39 is 6.10 Å². The van der Waals surface area contributed by atoms with Crippen molar-refractivity contribution in [1.29, 1.82) is 0 Å². The third kappa shape index (κ3) is 4.62. The molecule has 0 spiro atoms. The topological polar surface area (TPSA) is 95.1 Å². The molecule has 0 saturated heterocycles. The quantitative estimate of drug-likeness (QED) is 0.638. The number of rotatable bonds is 7. The first-order chi connectivity index (χ1) is 12.0. The SMILES string of the molecule is CC(O)CNC(=O)CCSCc1nc2sc3c(c2c(=O)[nH]1)CCCC3. The van der Waals surface area contributed by atoms with Gasteiger partial charge in [-0.1, -0.05) is 0 Å². The third-order valence-corrected chi connectivity index (χ3v) is 6.34. The van der Waals surface area contributed by atoms with Gasteiger partial charge in [0.05, 0.1) is 17.2 Å². The van der Waals surface area contributed by atoms with Gasteiger partial charge in [0, 0.05) is 23.6 Å². The van der Waals surface area contributed by atoms with E-state index in [1.807, 2.05) is 0 Å². The average molecular weight is 382 g/mol. The molecule has 6 nitrogen and oxygen atoms in total. The fraction of sp³-hybridized carbons (Fsp3) is 0.588. The van der Waals surface area contributed by atoms with E-state index in [0.29, 0.717) is 23.8 Å². The summed E-state index contributed by atoms with van der Waals surface area (Å²) in [5.41, 5.74) is 1.17. The van der Waals surface area contributed by atoms with Crippen molar-refractivity contribution < 1.29 is 9.90 Å². The molecule has 8 heteroatoms. The molecule has 2 heterocycles. The van der Waals surface area contributed by atoms with Gasteiger partial charge < -0.3 is 15.4 Å². The fourth-order valence-corrected chi connectivity index (χ4v) is 5.05. The van der Waals surface area contributed by atoms with Crippen molar-refractivity contribution in [1.82, 2.24) is 15.3 Å². The molecule has 1 atom stereocenters. The minimum atomic E-state index is -0.533. The highest BCUT2D eigenvalue weighted by Crippen LogP contribution is 2.33. The molecule has 1 aliphatic rings. The molecule has 0 bridgehead atoms. The Labute approximate surface area is 154 Å². The lowest BCUT2D eigenvalue weighted by molar-refractivity contribution is -0.121. The van der Waals surface area contributed by atoms with Crippen molar-refractivity contribution >= 4 is 39.2 Å². The first kappa shape index (κ1) is 18.4. The average Bonchev–Trinajstić information content (AvgIpc) is 2.95. The number of aromatic amines is 1. The third-order valence-electron chi connectivity index (χ3n) is 4.18. The van der Waals surface area contributed by atoms with Crippen LogP contribution in [0.1, 0.15) is 42.5 Å². The number of thioether (sulfide) groups is 1. The number of fused-ring (bicyclic) bond motifs is 3. The van der Waals surface area contributed by atoms with Crippen molar-refractivity contribution in [3.63, 3.8) is 0 Å². The maximum Gasteiger partial charge on any atom is 0.259 e. The highest BCUT2D eigenvalue weighted by atomic mass is 32.2. The molecule has 1 amide bonds. The van der Waals surface area contributed by atoms with Gasteiger partial charge in [0.15, 0.2) is 0 Å². The number of hydrogen-bond donors (Lipinski definition) is 3. The number of H-pyrrole nitrogens is 1. The van der Waals surface area contributed by atoms with Crippen LogP contribution in [0.4, 0.5) is 0 Å². The summed E-state index contributed by atoms with van der Waals surface area (Å²) in [4.78, 5) is 33.7. The largest absolute Gasteiger partial charge is 0.392 e. The molecule has 1 aliphatic carbocycles. The number of thiophene rings is 1. The van der Waals surface area contributed by atoms with Gasteiger partial charge >= 0.3 is 0 Å². The molecule has 0 radical (unpaired) electrons. The maximum atomic E-state index is 12.4. The molecule has 0 aromatic carbocycles. The van der Waals surface area contributed by atoms with Crippen LogP contribution in [0.3, 0.4) is 0 Å². The molecule has 0 saturated carbocycles. The summed E-state index contributed by atoms with van der Waals surface area (Å²) in [6.07, 6.45) is 4.23. The molecule has 0 aliphatic heterocycles. The number of carbonyl (C=O) groups is 1. The van der Waals surface area contributed by atoms with E-state index in [2.05, 4.69) is 15.3 Å². The van der Waals surface area contributed by atoms with Crippen LogP contribution in [0.5, 0.6) is 0 Å². The van der Waals surface area contributed by atoms with Gasteiger partial charge in [0.2, 0.25) is 5.91 Å². The van der Waals surface area contributed by atoms with Gasteiger partial charge in [-0.15, -0.1) is 11.3 Å². The minimum absolute atomic E-state index is 0.0327. The van der Waals surface area contributed by atoms with E-state index in [0.717, 1.165) is 29.5 Å². The molecule has 2 aromatic heterocycles. The van der Waals surface area contributed by atoms with Crippen LogP contribution in [0, 0.1) is 0 Å². The van der Waals surface area contributed by atoms with Crippen LogP contribution < -0.4 is 10.9 Å². The standard InChI is InChI=1S/C17H23N3O3S2/c1-10(21)8-18-14(22)6-7-24-9-13-19-16(23)15-11-4-2-3-5-12(11)25-17(15)20-13/h10,21H,2-9H2,1H3,(H,18,22)(H,19,20,23). The Kier molecular flexibility index (Phi) is 6.14. The second kappa shape index (κ2) is 8.33. The van der Waals surface area contributed by atoms with E-state index in [-0.39, 0.29) is 18.0 Å². The summed E-state index contributed by atoms with van der Waals surface area (Å²) >= 11 is 3.22. The molecule has 136 valence electrons. The lowest BCUT2D eigenvalue weighted by Gasteiger charge is -2.09. The number of aromatic nitrogens is 2. The molecule has 2 aromatic rings. The van der Waals surface area contributed by atoms with Crippen LogP contribution >= 0.6 is 23.1 Å². The number of aliphatic hydroxyl groups excluding tert-OH is 1. The number of carbonyl (C=O) groups excluding carboxylic acids is 1. The summed E-state index contributed by atoms with van der Waals surface area (Å²) in [6, 6.07) is 0. The van der Waals surface area contributed by atoms with Crippen molar-refractivity contribution in [3.8, 4) is 0 Å².